The first-order valence-corrected chi connectivity index (χ1v) is 12.7. The number of halogens is 1. The van der Waals surface area contributed by atoms with Gasteiger partial charge in [-0.2, -0.15) is 5.10 Å². The largest absolute Gasteiger partial charge is 0.460 e. The van der Waals surface area contributed by atoms with E-state index in [1.807, 2.05) is 85.9 Å². The number of esters is 1. The van der Waals surface area contributed by atoms with Crippen LogP contribution in [0.25, 0.3) is 23.2 Å². The third-order valence-electron chi connectivity index (χ3n) is 6.40. The zero-order valence-electron chi connectivity index (χ0n) is 21.6. The summed E-state index contributed by atoms with van der Waals surface area (Å²) in [6.45, 7) is 1.86. The number of hydrogen-bond donors (Lipinski definition) is 0. The van der Waals surface area contributed by atoms with E-state index in [1.54, 1.807) is 10.8 Å². The summed E-state index contributed by atoms with van der Waals surface area (Å²) in [5, 5.41) is 4.68. The van der Waals surface area contributed by atoms with Gasteiger partial charge in [0.05, 0.1) is 12.3 Å². The van der Waals surface area contributed by atoms with Crippen LogP contribution in [0.2, 0.25) is 0 Å². The van der Waals surface area contributed by atoms with Crippen LogP contribution < -0.4 is 4.74 Å². The van der Waals surface area contributed by atoms with E-state index in [2.05, 4.69) is 5.10 Å². The zero-order chi connectivity index (χ0) is 27.5. The molecule has 0 radical (unpaired) electrons. The van der Waals surface area contributed by atoms with Gasteiger partial charge >= 0.3 is 5.97 Å². The predicted molar refractivity (Wildman–Crippen MR) is 146 cm³/mol. The molecule has 1 aliphatic rings. The Bertz CT molecular complexity index is 1670. The summed E-state index contributed by atoms with van der Waals surface area (Å²) in [6.07, 6.45) is 4.11. The maximum absolute atomic E-state index is 14.3. The van der Waals surface area contributed by atoms with Gasteiger partial charge in [-0.15, -0.1) is 0 Å². The Morgan fingerprint density at radius 1 is 1.07 bits per heavy atom. The van der Waals surface area contributed by atoms with Crippen molar-refractivity contribution in [3.63, 3.8) is 0 Å². The smallest absolute Gasteiger partial charge is 0.331 e. The van der Waals surface area contributed by atoms with Gasteiger partial charge in [0.2, 0.25) is 6.29 Å². The third-order valence-corrected chi connectivity index (χ3v) is 6.40. The lowest BCUT2D eigenvalue weighted by Gasteiger charge is -2.28. The maximum atomic E-state index is 14.3. The molecule has 3 aromatic carbocycles. The molecule has 3 heterocycles. The van der Waals surface area contributed by atoms with Crippen molar-refractivity contribution in [1.29, 1.82) is 0 Å². The molecule has 0 saturated heterocycles. The highest BCUT2D eigenvalue weighted by Gasteiger charge is 2.25. The van der Waals surface area contributed by atoms with Crippen molar-refractivity contribution < 1.29 is 27.8 Å². The number of hydrogen-bond acceptors (Lipinski definition) is 6. The second-order valence-corrected chi connectivity index (χ2v) is 9.29. The Morgan fingerprint density at radius 2 is 1.85 bits per heavy atom. The number of furan rings is 1. The van der Waals surface area contributed by atoms with Crippen LogP contribution in [-0.2, 0) is 27.5 Å². The van der Waals surface area contributed by atoms with Gasteiger partial charge in [0, 0.05) is 34.5 Å². The monoisotopic (exact) mass is 536 g/mol. The lowest BCUT2D eigenvalue weighted by molar-refractivity contribution is -0.139. The van der Waals surface area contributed by atoms with Crippen molar-refractivity contribution in [2.75, 3.05) is 0 Å². The molecule has 2 aromatic heterocycles. The van der Waals surface area contributed by atoms with Gasteiger partial charge in [-0.1, -0.05) is 48.5 Å². The molecule has 6 rings (SSSR count). The number of aryl methyl sites for hydroxylation is 1. The number of aromatic nitrogens is 2. The quantitative estimate of drug-likeness (QED) is 0.166. The Kier molecular flexibility index (Phi) is 6.99. The molecule has 7 nitrogen and oxygen atoms in total. The standard InChI is InChI=1S/C32H25FN2O5/c1-21-12-14-28(39-21)30-23(18-35(34-30)27-10-6-3-7-11-27)13-15-29(36)37-19-24-16-26(33)17-25-20-38-32(40-31(24)25)22-8-4-2-5-9-22/h2-18,32H,19-20H2,1H3/b15-13+/t32-/m1/s1. The molecule has 200 valence electrons. The first kappa shape index (κ1) is 25.3. The second-order valence-electron chi connectivity index (χ2n) is 9.29. The number of rotatable bonds is 7. The molecule has 0 amide bonds. The van der Waals surface area contributed by atoms with Crippen molar-refractivity contribution in [3.05, 3.63) is 131 Å². The van der Waals surface area contributed by atoms with E-state index < -0.39 is 18.1 Å². The van der Waals surface area contributed by atoms with Crippen molar-refractivity contribution in [1.82, 2.24) is 9.78 Å². The van der Waals surface area contributed by atoms with Crippen LogP contribution in [-0.4, -0.2) is 15.7 Å². The van der Waals surface area contributed by atoms with E-state index >= 15 is 0 Å². The molecule has 40 heavy (non-hydrogen) atoms. The van der Waals surface area contributed by atoms with Gasteiger partial charge in [-0.3, -0.25) is 0 Å². The second kappa shape index (κ2) is 11.0. The Hall–Kier alpha value is -4.95. The first-order valence-electron chi connectivity index (χ1n) is 12.7. The molecule has 0 unspecified atom stereocenters. The lowest BCUT2D eigenvalue weighted by atomic mass is 10.1. The molecular weight excluding hydrogens is 511 g/mol. The summed E-state index contributed by atoms with van der Waals surface area (Å²) in [6, 6.07) is 25.5. The van der Waals surface area contributed by atoms with E-state index in [0.29, 0.717) is 33.9 Å². The number of para-hydroxylation sites is 1. The van der Waals surface area contributed by atoms with Crippen LogP contribution in [0, 0.1) is 12.7 Å². The average molecular weight is 537 g/mol. The fourth-order valence-electron chi connectivity index (χ4n) is 4.49. The van der Waals surface area contributed by atoms with Crippen LogP contribution in [0.1, 0.15) is 34.3 Å². The van der Waals surface area contributed by atoms with E-state index in [0.717, 1.165) is 17.0 Å². The number of carbonyl (C=O) groups excluding carboxylic acids is 1. The van der Waals surface area contributed by atoms with Gasteiger partial charge in [-0.25, -0.2) is 13.9 Å². The molecule has 0 N–H and O–H groups in total. The molecule has 0 bridgehead atoms. The topological polar surface area (TPSA) is 75.7 Å². The molecule has 8 heteroatoms. The summed E-state index contributed by atoms with van der Waals surface area (Å²) < 4.78 is 39.2. The highest BCUT2D eigenvalue weighted by Crippen LogP contribution is 2.37. The van der Waals surface area contributed by atoms with Gasteiger partial charge < -0.3 is 18.6 Å². The highest BCUT2D eigenvalue weighted by molar-refractivity contribution is 5.88. The van der Waals surface area contributed by atoms with Crippen LogP contribution in [0.3, 0.4) is 0 Å². The highest BCUT2D eigenvalue weighted by atomic mass is 19.1. The fourth-order valence-corrected chi connectivity index (χ4v) is 4.49. The Balaban J connectivity index is 1.20. The lowest BCUT2D eigenvalue weighted by Crippen LogP contribution is -2.19. The molecule has 0 aliphatic carbocycles. The molecular formula is C32H25FN2O5. The third kappa shape index (κ3) is 5.43. The van der Waals surface area contributed by atoms with Crippen molar-refractivity contribution >= 4 is 12.0 Å². The number of nitrogens with zero attached hydrogens (tertiary/aromatic N) is 2. The first-order chi connectivity index (χ1) is 19.5. The number of carbonyl (C=O) groups is 1. The van der Waals surface area contributed by atoms with Gasteiger partial charge in [-0.05, 0) is 49.4 Å². The van der Waals surface area contributed by atoms with E-state index in [1.165, 1.54) is 18.2 Å². The van der Waals surface area contributed by atoms with Crippen LogP contribution >= 0.6 is 0 Å². The van der Waals surface area contributed by atoms with Gasteiger partial charge in [0.25, 0.3) is 0 Å². The Morgan fingerprint density at radius 3 is 2.60 bits per heavy atom. The van der Waals surface area contributed by atoms with Gasteiger partial charge in [0.15, 0.2) is 5.76 Å². The number of benzene rings is 3. The minimum absolute atomic E-state index is 0.168. The summed E-state index contributed by atoms with van der Waals surface area (Å²) in [5.41, 5.74) is 3.93. The average Bonchev–Trinajstić information content (AvgIpc) is 3.61. The Labute approximate surface area is 230 Å². The minimum Gasteiger partial charge on any atom is -0.460 e. The van der Waals surface area contributed by atoms with Crippen molar-refractivity contribution in [3.8, 4) is 22.9 Å². The van der Waals surface area contributed by atoms with E-state index in [-0.39, 0.29) is 13.2 Å². The van der Waals surface area contributed by atoms with E-state index in [4.69, 9.17) is 18.6 Å². The SMILES string of the molecule is Cc1ccc(-c2nn(-c3ccccc3)cc2/C=C/C(=O)OCc2cc(F)cc3c2O[C@H](c2ccccc2)OC3)o1. The zero-order valence-corrected chi connectivity index (χ0v) is 21.6. The summed E-state index contributed by atoms with van der Waals surface area (Å²) in [4.78, 5) is 12.7. The minimum atomic E-state index is -0.640. The van der Waals surface area contributed by atoms with Crippen LogP contribution in [0.4, 0.5) is 4.39 Å². The van der Waals surface area contributed by atoms with Crippen molar-refractivity contribution in [2.45, 2.75) is 26.4 Å². The predicted octanol–water partition coefficient (Wildman–Crippen LogP) is 6.94. The number of fused-ring (bicyclic) bond motifs is 1. The number of ether oxygens (including phenoxy) is 3. The normalized spacial score (nSPS) is 14.6. The molecule has 5 aromatic rings. The van der Waals surface area contributed by atoms with Crippen molar-refractivity contribution in [2.24, 2.45) is 0 Å². The molecule has 1 aliphatic heterocycles. The summed E-state index contributed by atoms with van der Waals surface area (Å²) >= 11 is 0. The van der Waals surface area contributed by atoms with Crippen LogP contribution in [0.5, 0.6) is 5.75 Å². The molecule has 0 saturated carbocycles. The van der Waals surface area contributed by atoms with Gasteiger partial charge in [0.1, 0.15) is 29.6 Å². The summed E-state index contributed by atoms with van der Waals surface area (Å²) in [7, 11) is 0. The van der Waals surface area contributed by atoms with E-state index in [9.17, 15) is 9.18 Å². The summed E-state index contributed by atoms with van der Waals surface area (Å²) in [5.74, 6) is 0.729. The molecule has 0 spiro atoms. The maximum Gasteiger partial charge on any atom is 0.331 e. The fraction of sp³-hybridized carbons (Fsp3) is 0.125. The molecule has 0 fully saturated rings. The van der Waals surface area contributed by atoms with Crippen LogP contribution in [0.15, 0.2) is 102 Å². The molecule has 1 atom stereocenters.